The minimum Gasteiger partial charge on any atom is -0.465 e. The predicted molar refractivity (Wildman–Crippen MR) is 65.3 cm³/mol. The first-order valence-corrected chi connectivity index (χ1v) is 5.75. The molecule has 0 aliphatic rings. The van der Waals surface area contributed by atoms with Crippen LogP contribution in [-0.2, 0) is 17.9 Å². The van der Waals surface area contributed by atoms with Crippen molar-refractivity contribution in [1.82, 2.24) is 5.32 Å². The molecule has 1 heterocycles. The van der Waals surface area contributed by atoms with Crippen molar-refractivity contribution >= 4 is 0 Å². The monoisotopic (exact) mass is 223 g/mol. The zero-order valence-corrected chi connectivity index (χ0v) is 10.2. The first kappa shape index (κ1) is 13.0. The van der Waals surface area contributed by atoms with Gasteiger partial charge in [-0.25, -0.2) is 0 Å². The van der Waals surface area contributed by atoms with Crippen LogP contribution in [0.4, 0.5) is 0 Å². The molecule has 0 aliphatic carbocycles. The Labute approximate surface area is 97.5 Å². The van der Waals surface area contributed by atoms with E-state index in [2.05, 4.69) is 24.9 Å². The van der Waals surface area contributed by atoms with Gasteiger partial charge in [0.2, 0.25) is 0 Å². The molecule has 90 valence electrons. The Morgan fingerprint density at radius 2 is 2.38 bits per heavy atom. The van der Waals surface area contributed by atoms with E-state index in [0.29, 0.717) is 6.61 Å². The van der Waals surface area contributed by atoms with Crippen LogP contribution in [0, 0.1) is 6.92 Å². The number of hydrogen-bond acceptors (Lipinski definition) is 3. The van der Waals surface area contributed by atoms with E-state index >= 15 is 0 Å². The SMILES string of the molecule is C=CCCOCc1cc(CNCC)oc1C. The molecule has 0 aliphatic heterocycles. The van der Waals surface area contributed by atoms with E-state index in [1.807, 2.05) is 13.0 Å². The van der Waals surface area contributed by atoms with Crippen LogP contribution >= 0.6 is 0 Å². The van der Waals surface area contributed by atoms with Gasteiger partial charge in [-0.1, -0.05) is 13.0 Å². The summed E-state index contributed by atoms with van der Waals surface area (Å²) in [7, 11) is 0. The topological polar surface area (TPSA) is 34.4 Å². The number of rotatable bonds is 8. The predicted octanol–water partition coefficient (Wildman–Crippen LogP) is 2.79. The molecular weight excluding hydrogens is 202 g/mol. The van der Waals surface area contributed by atoms with Crippen molar-refractivity contribution in [3.8, 4) is 0 Å². The van der Waals surface area contributed by atoms with Crippen LogP contribution in [-0.4, -0.2) is 13.2 Å². The van der Waals surface area contributed by atoms with Gasteiger partial charge in [0.25, 0.3) is 0 Å². The molecule has 0 radical (unpaired) electrons. The van der Waals surface area contributed by atoms with Crippen molar-refractivity contribution in [2.45, 2.75) is 33.4 Å². The summed E-state index contributed by atoms with van der Waals surface area (Å²) in [5.41, 5.74) is 1.14. The molecule has 16 heavy (non-hydrogen) atoms. The van der Waals surface area contributed by atoms with Gasteiger partial charge in [0, 0.05) is 5.56 Å². The van der Waals surface area contributed by atoms with Crippen molar-refractivity contribution in [3.63, 3.8) is 0 Å². The third-order valence-electron chi connectivity index (χ3n) is 2.34. The Bertz CT molecular complexity index is 318. The molecule has 0 saturated carbocycles. The molecule has 1 aromatic rings. The molecule has 3 heteroatoms. The standard InChI is InChI=1S/C13H21NO2/c1-4-6-7-15-10-12-8-13(9-14-5-2)16-11(12)3/h4,8,14H,1,5-7,9-10H2,2-3H3. The molecule has 3 nitrogen and oxygen atoms in total. The zero-order chi connectivity index (χ0) is 11.8. The van der Waals surface area contributed by atoms with Gasteiger partial charge in [-0.05, 0) is 26.0 Å². The minimum atomic E-state index is 0.620. The second-order valence-corrected chi connectivity index (χ2v) is 3.70. The maximum Gasteiger partial charge on any atom is 0.118 e. The Kier molecular flexibility index (Phi) is 5.90. The Balaban J connectivity index is 2.40. The second-order valence-electron chi connectivity index (χ2n) is 3.70. The van der Waals surface area contributed by atoms with Gasteiger partial charge >= 0.3 is 0 Å². The number of nitrogens with one attached hydrogen (secondary N) is 1. The van der Waals surface area contributed by atoms with Gasteiger partial charge in [-0.15, -0.1) is 6.58 Å². The molecule has 1 N–H and O–H groups in total. The quantitative estimate of drug-likeness (QED) is 0.543. The Hall–Kier alpha value is -1.06. The van der Waals surface area contributed by atoms with Gasteiger partial charge in [0.15, 0.2) is 0 Å². The second kappa shape index (κ2) is 7.25. The molecule has 0 atom stereocenters. The highest BCUT2D eigenvalue weighted by Crippen LogP contribution is 2.15. The lowest BCUT2D eigenvalue weighted by molar-refractivity contribution is 0.124. The van der Waals surface area contributed by atoms with Gasteiger partial charge in [-0.3, -0.25) is 0 Å². The number of hydrogen-bond donors (Lipinski definition) is 1. The molecule has 0 bridgehead atoms. The zero-order valence-electron chi connectivity index (χ0n) is 10.2. The van der Waals surface area contributed by atoms with Crippen LogP contribution in [0.5, 0.6) is 0 Å². The van der Waals surface area contributed by atoms with Crippen LogP contribution in [0.2, 0.25) is 0 Å². The Morgan fingerprint density at radius 1 is 1.56 bits per heavy atom. The lowest BCUT2D eigenvalue weighted by Gasteiger charge is -1.99. The molecule has 0 spiro atoms. The van der Waals surface area contributed by atoms with Crippen LogP contribution in [0.15, 0.2) is 23.1 Å². The van der Waals surface area contributed by atoms with E-state index < -0.39 is 0 Å². The highest BCUT2D eigenvalue weighted by molar-refractivity contribution is 5.19. The highest BCUT2D eigenvalue weighted by atomic mass is 16.5. The summed E-state index contributed by atoms with van der Waals surface area (Å²) < 4.78 is 11.1. The summed E-state index contributed by atoms with van der Waals surface area (Å²) in [5, 5.41) is 3.23. The number of furan rings is 1. The van der Waals surface area contributed by atoms with E-state index in [1.165, 1.54) is 0 Å². The molecular formula is C13H21NO2. The minimum absolute atomic E-state index is 0.620. The van der Waals surface area contributed by atoms with Crippen LogP contribution in [0.25, 0.3) is 0 Å². The summed E-state index contributed by atoms with van der Waals surface area (Å²) in [5.74, 6) is 1.92. The van der Waals surface area contributed by atoms with Crippen LogP contribution in [0.3, 0.4) is 0 Å². The van der Waals surface area contributed by atoms with Crippen molar-refractivity contribution in [1.29, 1.82) is 0 Å². The summed E-state index contributed by atoms with van der Waals surface area (Å²) in [6.45, 7) is 10.8. The van der Waals surface area contributed by atoms with Crippen molar-refractivity contribution < 1.29 is 9.15 Å². The highest BCUT2D eigenvalue weighted by Gasteiger charge is 2.06. The number of ether oxygens (including phenoxy) is 1. The lowest BCUT2D eigenvalue weighted by Crippen LogP contribution is -2.10. The fourth-order valence-electron chi connectivity index (χ4n) is 1.42. The summed E-state index contributed by atoms with van der Waals surface area (Å²) in [4.78, 5) is 0. The molecule has 0 aromatic carbocycles. The molecule has 0 saturated heterocycles. The van der Waals surface area contributed by atoms with Gasteiger partial charge < -0.3 is 14.5 Å². The first-order chi connectivity index (χ1) is 7.77. The summed E-state index contributed by atoms with van der Waals surface area (Å²) in [6.07, 6.45) is 2.75. The third-order valence-corrected chi connectivity index (χ3v) is 2.34. The van der Waals surface area contributed by atoms with Crippen LogP contribution < -0.4 is 5.32 Å². The molecule has 0 amide bonds. The van der Waals surface area contributed by atoms with E-state index in [9.17, 15) is 0 Å². The Morgan fingerprint density at radius 3 is 3.06 bits per heavy atom. The smallest absolute Gasteiger partial charge is 0.118 e. The first-order valence-electron chi connectivity index (χ1n) is 5.75. The van der Waals surface area contributed by atoms with Crippen molar-refractivity contribution in [2.24, 2.45) is 0 Å². The normalized spacial score (nSPS) is 10.6. The fraction of sp³-hybridized carbons (Fsp3) is 0.538. The molecule has 1 aromatic heterocycles. The van der Waals surface area contributed by atoms with E-state index in [0.717, 1.165) is 43.2 Å². The molecule has 1 rings (SSSR count). The van der Waals surface area contributed by atoms with Crippen molar-refractivity contribution in [2.75, 3.05) is 13.2 Å². The summed E-state index contributed by atoms with van der Waals surface area (Å²) in [6, 6.07) is 2.06. The molecule has 0 fully saturated rings. The lowest BCUT2D eigenvalue weighted by atomic mass is 10.2. The molecule has 0 unspecified atom stereocenters. The third kappa shape index (κ3) is 4.21. The van der Waals surface area contributed by atoms with Gasteiger partial charge in [0.1, 0.15) is 11.5 Å². The van der Waals surface area contributed by atoms with E-state index in [-0.39, 0.29) is 0 Å². The van der Waals surface area contributed by atoms with E-state index in [4.69, 9.17) is 9.15 Å². The van der Waals surface area contributed by atoms with Gasteiger partial charge in [-0.2, -0.15) is 0 Å². The van der Waals surface area contributed by atoms with Gasteiger partial charge in [0.05, 0.1) is 19.8 Å². The van der Waals surface area contributed by atoms with Crippen molar-refractivity contribution in [3.05, 3.63) is 35.8 Å². The maximum absolute atomic E-state index is 5.61. The maximum atomic E-state index is 5.61. The largest absolute Gasteiger partial charge is 0.465 e. The average molecular weight is 223 g/mol. The average Bonchev–Trinajstić information content (AvgIpc) is 2.63. The van der Waals surface area contributed by atoms with E-state index in [1.54, 1.807) is 0 Å². The number of aryl methyl sites for hydroxylation is 1. The fourth-order valence-corrected chi connectivity index (χ4v) is 1.42. The summed E-state index contributed by atoms with van der Waals surface area (Å²) >= 11 is 0. The van der Waals surface area contributed by atoms with Crippen LogP contribution in [0.1, 0.15) is 30.4 Å².